The predicted octanol–water partition coefficient (Wildman–Crippen LogP) is 3.52. The van der Waals surface area contributed by atoms with E-state index in [0.29, 0.717) is 28.3 Å². The van der Waals surface area contributed by atoms with E-state index < -0.39 is 12.0 Å². The monoisotopic (exact) mass is 379 g/mol. The molecule has 7 nitrogen and oxygen atoms in total. The third-order valence-electron chi connectivity index (χ3n) is 5.14. The number of hydrogen-bond donors (Lipinski definition) is 1. The van der Waals surface area contributed by atoms with Crippen LogP contribution in [0.5, 0.6) is 0 Å². The Hall–Kier alpha value is -3.22. The Kier molecular flexibility index (Phi) is 4.58. The highest BCUT2D eigenvalue weighted by atomic mass is 16.5. The van der Waals surface area contributed by atoms with Gasteiger partial charge >= 0.3 is 5.97 Å². The number of pyridine rings is 1. The molecule has 1 unspecified atom stereocenters. The summed E-state index contributed by atoms with van der Waals surface area (Å²) in [6, 6.07) is 10.1. The molecule has 2 heterocycles. The standard InChI is InChI=1S/C21H21N3O4/c1-12-18-16(10-17(15-8-9-15)22-19(18)28-23-12)20(25)24(13(2)21(26)27)11-14-6-4-3-5-7-14/h3-7,10,13,15H,8-9,11H2,1-2H3,(H,26,27). The smallest absolute Gasteiger partial charge is 0.326 e. The summed E-state index contributed by atoms with van der Waals surface area (Å²) < 4.78 is 5.32. The van der Waals surface area contributed by atoms with Crippen LogP contribution in [0.3, 0.4) is 0 Å². The molecule has 4 rings (SSSR count). The molecule has 0 saturated heterocycles. The van der Waals surface area contributed by atoms with Crippen LogP contribution in [0.4, 0.5) is 0 Å². The van der Waals surface area contributed by atoms with E-state index in [2.05, 4.69) is 10.1 Å². The van der Waals surface area contributed by atoms with Crippen LogP contribution in [0, 0.1) is 6.92 Å². The fourth-order valence-electron chi connectivity index (χ4n) is 3.32. The van der Waals surface area contributed by atoms with E-state index >= 15 is 0 Å². The number of aromatic nitrogens is 2. The molecule has 1 fully saturated rings. The van der Waals surface area contributed by atoms with Crippen LogP contribution in [-0.2, 0) is 11.3 Å². The summed E-state index contributed by atoms with van der Waals surface area (Å²) in [7, 11) is 0. The number of aliphatic carboxylic acids is 1. The Morgan fingerprint density at radius 2 is 2.00 bits per heavy atom. The van der Waals surface area contributed by atoms with Crippen molar-refractivity contribution in [3.63, 3.8) is 0 Å². The molecule has 1 atom stereocenters. The normalized spacial score (nSPS) is 14.8. The van der Waals surface area contributed by atoms with Crippen LogP contribution in [-0.4, -0.2) is 38.1 Å². The molecule has 1 amide bonds. The lowest BCUT2D eigenvalue weighted by Crippen LogP contribution is -2.42. The Bertz CT molecular complexity index is 1040. The summed E-state index contributed by atoms with van der Waals surface area (Å²) in [5.74, 6) is -1.10. The molecule has 0 bridgehead atoms. The van der Waals surface area contributed by atoms with Crippen LogP contribution in [0.2, 0.25) is 0 Å². The van der Waals surface area contributed by atoms with Crippen LogP contribution in [0.1, 0.15) is 53.0 Å². The van der Waals surface area contributed by atoms with Gasteiger partial charge in [0, 0.05) is 18.2 Å². The van der Waals surface area contributed by atoms with Crippen molar-refractivity contribution < 1.29 is 19.2 Å². The molecule has 0 spiro atoms. The van der Waals surface area contributed by atoms with Gasteiger partial charge in [-0.25, -0.2) is 9.78 Å². The van der Waals surface area contributed by atoms with Gasteiger partial charge in [0.2, 0.25) is 0 Å². The number of carboxylic acids is 1. The minimum Gasteiger partial charge on any atom is -0.480 e. The van der Waals surface area contributed by atoms with Crippen LogP contribution >= 0.6 is 0 Å². The first-order valence-electron chi connectivity index (χ1n) is 9.30. The largest absolute Gasteiger partial charge is 0.480 e. The van der Waals surface area contributed by atoms with Gasteiger partial charge in [-0.1, -0.05) is 35.5 Å². The molecule has 1 saturated carbocycles. The number of carbonyl (C=O) groups excluding carboxylic acids is 1. The molecule has 0 aliphatic heterocycles. The highest BCUT2D eigenvalue weighted by Gasteiger charge is 2.32. The van der Waals surface area contributed by atoms with Crippen molar-refractivity contribution in [3.8, 4) is 0 Å². The number of rotatable bonds is 6. The first-order chi connectivity index (χ1) is 13.5. The van der Waals surface area contributed by atoms with Crippen molar-refractivity contribution in [1.29, 1.82) is 0 Å². The third kappa shape index (κ3) is 3.35. The van der Waals surface area contributed by atoms with Gasteiger partial charge in [-0.15, -0.1) is 0 Å². The average Bonchev–Trinajstić information content (AvgIpc) is 3.48. The van der Waals surface area contributed by atoms with Gasteiger partial charge in [-0.3, -0.25) is 4.79 Å². The topological polar surface area (TPSA) is 96.5 Å². The fourth-order valence-corrected chi connectivity index (χ4v) is 3.32. The molecule has 0 radical (unpaired) electrons. The second kappa shape index (κ2) is 7.07. The second-order valence-electron chi connectivity index (χ2n) is 7.25. The summed E-state index contributed by atoms with van der Waals surface area (Å²) in [5, 5.41) is 14.1. The van der Waals surface area contributed by atoms with E-state index in [-0.39, 0.29) is 12.5 Å². The number of carbonyl (C=O) groups is 2. The Labute approximate surface area is 162 Å². The fraction of sp³-hybridized carbons (Fsp3) is 0.333. The summed E-state index contributed by atoms with van der Waals surface area (Å²) >= 11 is 0. The number of hydrogen-bond acceptors (Lipinski definition) is 5. The molecule has 1 aliphatic rings. The van der Waals surface area contributed by atoms with Crippen molar-refractivity contribution in [1.82, 2.24) is 15.0 Å². The number of fused-ring (bicyclic) bond motifs is 1. The molecule has 2 aromatic heterocycles. The predicted molar refractivity (Wildman–Crippen MR) is 102 cm³/mol. The van der Waals surface area contributed by atoms with Crippen molar-refractivity contribution in [2.24, 2.45) is 0 Å². The summed E-state index contributed by atoms with van der Waals surface area (Å²) in [6.07, 6.45) is 2.05. The lowest BCUT2D eigenvalue weighted by atomic mass is 10.0. The first-order valence-corrected chi connectivity index (χ1v) is 9.30. The van der Waals surface area contributed by atoms with E-state index in [0.717, 1.165) is 24.1 Å². The van der Waals surface area contributed by atoms with Crippen molar-refractivity contribution >= 4 is 23.0 Å². The third-order valence-corrected chi connectivity index (χ3v) is 5.14. The van der Waals surface area contributed by atoms with Crippen LogP contribution in [0.15, 0.2) is 40.9 Å². The van der Waals surface area contributed by atoms with Gasteiger partial charge < -0.3 is 14.5 Å². The molecule has 1 aromatic carbocycles. The van der Waals surface area contributed by atoms with Gasteiger partial charge in [0.25, 0.3) is 11.6 Å². The van der Waals surface area contributed by atoms with Crippen molar-refractivity contribution in [2.75, 3.05) is 0 Å². The Morgan fingerprint density at radius 3 is 2.64 bits per heavy atom. The highest BCUT2D eigenvalue weighted by Crippen LogP contribution is 2.40. The molecule has 7 heteroatoms. The second-order valence-corrected chi connectivity index (χ2v) is 7.25. The number of amides is 1. The van der Waals surface area contributed by atoms with E-state index in [4.69, 9.17) is 4.52 Å². The van der Waals surface area contributed by atoms with Gasteiger partial charge in [0.05, 0.1) is 16.6 Å². The number of benzene rings is 1. The molecular weight excluding hydrogens is 358 g/mol. The van der Waals surface area contributed by atoms with E-state index in [1.54, 1.807) is 13.0 Å². The SMILES string of the molecule is Cc1noc2nc(C3CC3)cc(C(=O)N(Cc3ccccc3)C(C)C(=O)O)c12. The maximum Gasteiger partial charge on any atom is 0.326 e. The molecule has 1 aliphatic carbocycles. The van der Waals surface area contributed by atoms with Gasteiger partial charge in [0.15, 0.2) is 0 Å². The Balaban J connectivity index is 1.79. The summed E-state index contributed by atoms with van der Waals surface area (Å²) in [5.41, 5.74) is 2.95. The quantitative estimate of drug-likeness (QED) is 0.704. The zero-order chi connectivity index (χ0) is 19.8. The van der Waals surface area contributed by atoms with Crippen molar-refractivity contribution in [2.45, 2.75) is 45.2 Å². The van der Waals surface area contributed by atoms with E-state index in [1.165, 1.54) is 11.8 Å². The maximum atomic E-state index is 13.5. The number of aryl methyl sites for hydroxylation is 1. The van der Waals surface area contributed by atoms with E-state index in [9.17, 15) is 14.7 Å². The van der Waals surface area contributed by atoms with Gasteiger partial charge in [-0.2, -0.15) is 0 Å². The number of carboxylic acid groups (broad SMARTS) is 1. The minimum absolute atomic E-state index is 0.194. The Morgan fingerprint density at radius 1 is 1.29 bits per heavy atom. The molecule has 144 valence electrons. The van der Waals surface area contributed by atoms with Gasteiger partial charge in [0.1, 0.15) is 6.04 Å². The summed E-state index contributed by atoms with van der Waals surface area (Å²) in [6.45, 7) is 3.47. The van der Waals surface area contributed by atoms with Crippen LogP contribution in [0.25, 0.3) is 11.1 Å². The zero-order valence-corrected chi connectivity index (χ0v) is 15.8. The zero-order valence-electron chi connectivity index (χ0n) is 15.8. The first kappa shape index (κ1) is 18.2. The highest BCUT2D eigenvalue weighted by molar-refractivity contribution is 6.07. The van der Waals surface area contributed by atoms with Gasteiger partial charge in [-0.05, 0) is 38.3 Å². The molecular formula is C21H21N3O4. The van der Waals surface area contributed by atoms with E-state index in [1.807, 2.05) is 30.3 Å². The molecule has 1 N–H and O–H groups in total. The molecule has 3 aromatic rings. The lowest BCUT2D eigenvalue weighted by molar-refractivity contribution is -0.141. The average molecular weight is 379 g/mol. The molecule has 28 heavy (non-hydrogen) atoms. The van der Waals surface area contributed by atoms with Crippen molar-refractivity contribution in [3.05, 3.63) is 58.9 Å². The maximum absolute atomic E-state index is 13.5. The lowest BCUT2D eigenvalue weighted by Gasteiger charge is -2.27. The van der Waals surface area contributed by atoms with Crippen LogP contribution < -0.4 is 0 Å². The number of nitrogens with zero attached hydrogens (tertiary/aromatic N) is 3. The minimum atomic E-state index is -1.06. The summed E-state index contributed by atoms with van der Waals surface area (Å²) in [4.78, 5) is 31.1.